The number of nitrogens with one attached hydrogen (secondary N) is 1. The number of nitrogens with zero attached hydrogens (tertiary/aromatic N) is 2. The number of aromatic nitrogens is 2. The van der Waals surface area contributed by atoms with E-state index < -0.39 is 0 Å². The van der Waals surface area contributed by atoms with Crippen molar-refractivity contribution in [2.24, 2.45) is 0 Å². The molecule has 0 aliphatic rings. The molecule has 0 bridgehead atoms. The van der Waals surface area contributed by atoms with Gasteiger partial charge in [0.15, 0.2) is 0 Å². The van der Waals surface area contributed by atoms with E-state index in [1.165, 1.54) is 4.68 Å². The Bertz CT molecular complexity index is 685. The summed E-state index contributed by atoms with van der Waals surface area (Å²) in [4.78, 5) is 11.9. The monoisotopic (exact) mass is 321 g/mol. The van der Waals surface area contributed by atoms with Crippen molar-refractivity contribution in [3.63, 3.8) is 0 Å². The molecule has 1 N–H and O–H groups in total. The second-order valence-electron chi connectivity index (χ2n) is 4.84. The molecule has 2 rings (SSSR count). The molecule has 0 aliphatic heterocycles. The molecule has 5 nitrogen and oxygen atoms in total. The summed E-state index contributed by atoms with van der Waals surface area (Å²) in [5, 5.41) is 7.36. The summed E-state index contributed by atoms with van der Waals surface area (Å²) in [7, 11) is 0. The summed E-state index contributed by atoms with van der Waals surface area (Å²) in [5.41, 5.74) is 1.30. The summed E-state index contributed by atoms with van der Waals surface area (Å²) < 4.78 is 6.93. The van der Waals surface area contributed by atoms with Crippen LogP contribution in [0.15, 0.2) is 35.3 Å². The van der Waals surface area contributed by atoms with Gasteiger partial charge in [-0.25, -0.2) is 4.68 Å². The lowest BCUT2D eigenvalue weighted by molar-refractivity contribution is 0.317. The molecule has 0 fully saturated rings. The molecule has 0 saturated heterocycles. The quantitative estimate of drug-likeness (QED) is 0.850. The minimum atomic E-state index is -0.283. The topological polar surface area (TPSA) is 56.1 Å². The number of halogens is 1. The van der Waals surface area contributed by atoms with Crippen LogP contribution in [0.5, 0.6) is 5.75 Å². The number of hydrogen-bond acceptors (Lipinski definition) is 4. The van der Waals surface area contributed by atoms with Crippen LogP contribution in [0.4, 0.5) is 5.69 Å². The van der Waals surface area contributed by atoms with Crippen molar-refractivity contribution in [1.29, 1.82) is 0 Å². The molecule has 1 aromatic heterocycles. The van der Waals surface area contributed by atoms with E-state index in [0.717, 1.165) is 17.7 Å². The normalized spacial score (nSPS) is 10.5. The Balaban J connectivity index is 2.07. The summed E-state index contributed by atoms with van der Waals surface area (Å²) in [6.45, 7) is 5.65. The summed E-state index contributed by atoms with van der Waals surface area (Å²) in [6.07, 6.45) is 2.54. The molecule has 6 heteroatoms. The SMILES string of the molecule is CCCOc1cccc(CNc2cnn(CC)c(=O)c2Cl)c1. The highest BCUT2D eigenvalue weighted by molar-refractivity contribution is 6.32. The van der Waals surface area contributed by atoms with Crippen LogP contribution < -0.4 is 15.6 Å². The number of hydrogen-bond donors (Lipinski definition) is 1. The number of anilines is 1. The average molecular weight is 322 g/mol. The van der Waals surface area contributed by atoms with Gasteiger partial charge in [-0.2, -0.15) is 5.10 Å². The lowest BCUT2D eigenvalue weighted by atomic mass is 10.2. The Morgan fingerprint density at radius 1 is 1.36 bits per heavy atom. The predicted molar refractivity (Wildman–Crippen MR) is 88.7 cm³/mol. The molecular formula is C16H20ClN3O2. The fourth-order valence-electron chi connectivity index (χ4n) is 1.98. The van der Waals surface area contributed by atoms with E-state index in [1.54, 1.807) is 6.20 Å². The largest absolute Gasteiger partial charge is 0.494 e. The van der Waals surface area contributed by atoms with Gasteiger partial charge in [0.2, 0.25) is 0 Å². The first kappa shape index (κ1) is 16.4. The van der Waals surface area contributed by atoms with Crippen molar-refractivity contribution >= 4 is 17.3 Å². The molecule has 1 heterocycles. The maximum absolute atomic E-state index is 11.9. The fraction of sp³-hybridized carbons (Fsp3) is 0.375. The first-order valence-electron chi connectivity index (χ1n) is 7.37. The average Bonchev–Trinajstić information content (AvgIpc) is 2.55. The summed E-state index contributed by atoms with van der Waals surface area (Å²) in [5.74, 6) is 0.840. The molecule has 22 heavy (non-hydrogen) atoms. The van der Waals surface area contributed by atoms with Crippen LogP contribution in [-0.2, 0) is 13.1 Å². The minimum absolute atomic E-state index is 0.162. The van der Waals surface area contributed by atoms with Crippen LogP contribution in [-0.4, -0.2) is 16.4 Å². The predicted octanol–water partition coefficient (Wildman–Crippen LogP) is 3.32. The number of aryl methyl sites for hydroxylation is 1. The van der Waals surface area contributed by atoms with Crippen LogP contribution in [0.25, 0.3) is 0 Å². The Labute approximate surface area is 134 Å². The number of rotatable bonds is 7. The molecule has 0 amide bonds. The van der Waals surface area contributed by atoms with E-state index >= 15 is 0 Å². The van der Waals surface area contributed by atoms with E-state index in [4.69, 9.17) is 16.3 Å². The van der Waals surface area contributed by atoms with Gasteiger partial charge in [-0.05, 0) is 31.0 Å². The minimum Gasteiger partial charge on any atom is -0.494 e. The Morgan fingerprint density at radius 2 is 2.18 bits per heavy atom. The summed E-state index contributed by atoms with van der Waals surface area (Å²) >= 11 is 6.08. The third-order valence-corrected chi connectivity index (χ3v) is 3.50. The Hall–Kier alpha value is -2.01. The van der Waals surface area contributed by atoms with Crippen LogP contribution in [0.1, 0.15) is 25.8 Å². The molecule has 0 unspecified atom stereocenters. The van der Waals surface area contributed by atoms with Crippen LogP contribution in [0.2, 0.25) is 5.02 Å². The second kappa shape index (κ2) is 7.84. The highest BCUT2D eigenvalue weighted by Crippen LogP contribution is 2.18. The van der Waals surface area contributed by atoms with Crippen molar-refractivity contribution < 1.29 is 4.74 Å². The molecule has 0 radical (unpaired) electrons. The number of ether oxygens (including phenoxy) is 1. The first-order valence-corrected chi connectivity index (χ1v) is 7.74. The standard InChI is InChI=1S/C16H20ClN3O2/c1-3-8-22-13-7-5-6-12(9-13)10-18-14-11-19-20(4-2)16(21)15(14)17/h5-7,9,11,18H,3-4,8,10H2,1-2H3. The van der Waals surface area contributed by atoms with E-state index in [2.05, 4.69) is 17.3 Å². The van der Waals surface area contributed by atoms with Crippen LogP contribution in [0, 0.1) is 0 Å². The van der Waals surface area contributed by atoms with Gasteiger partial charge in [-0.3, -0.25) is 4.79 Å². The third kappa shape index (κ3) is 4.01. The zero-order valence-corrected chi connectivity index (χ0v) is 13.6. The van der Waals surface area contributed by atoms with E-state index in [1.807, 2.05) is 31.2 Å². The molecule has 1 aromatic carbocycles. The lowest BCUT2D eigenvalue weighted by Gasteiger charge is -2.11. The van der Waals surface area contributed by atoms with Crippen LogP contribution in [0.3, 0.4) is 0 Å². The maximum atomic E-state index is 11.9. The van der Waals surface area contributed by atoms with Crippen molar-refractivity contribution in [1.82, 2.24) is 9.78 Å². The Kier molecular flexibility index (Phi) is 5.83. The zero-order valence-electron chi connectivity index (χ0n) is 12.8. The highest BCUT2D eigenvalue weighted by Gasteiger charge is 2.08. The van der Waals surface area contributed by atoms with Crippen molar-refractivity contribution in [3.05, 3.63) is 51.4 Å². The molecule has 0 spiro atoms. The van der Waals surface area contributed by atoms with E-state index in [9.17, 15) is 4.79 Å². The summed E-state index contributed by atoms with van der Waals surface area (Å²) in [6, 6.07) is 7.82. The fourth-order valence-corrected chi connectivity index (χ4v) is 2.19. The van der Waals surface area contributed by atoms with Gasteiger partial charge in [0.1, 0.15) is 10.8 Å². The highest BCUT2D eigenvalue weighted by atomic mass is 35.5. The molecule has 2 aromatic rings. The first-order chi connectivity index (χ1) is 10.7. The van der Waals surface area contributed by atoms with Crippen LogP contribution >= 0.6 is 11.6 Å². The van der Waals surface area contributed by atoms with E-state index in [0.29, 0.717) is 25.4 Å². The van der Waals surface area contributed by atoms with E-state index in [-0.39, 0.29) is 10.6 Å². The third-order valence-electron chi connectivity index (χ3n) is 3.14. The van der Waals surface area contributed by atoms with Gasteiger partial charge < -0.3 is 10.1 Å². The van der Waals surface area contributed by atoms with Gasteiger partial charge in [-0.1, -0.05) is 30.7 Å². The smallest absolute Gasteiger partial charge is 0.287 e. The lowest BCUT2D eigenvalue weighted by Crippen LogP contribution is -2.23. The maximum Gasteiger partial charge on any atom is 0.287 e. The molecule has 118 valence electrons. The Morgan fingerprint density at radius 3 is 2.91 bits per heavy atom. The van der Waals surface area contributed by atoms with Crippen molar-refractivity contribution in [3.8, 4) is 5.75 Å². The van der Waals surface area contributed by atoms with Crippen molar-refractivity contribution in [2.75, 3.05) is 11.9 Å². The van der Waals surface area contributed by atoms with Crippen molar-refractivity contribution in [2.45, 2.75) is 33.4 Å². The molecule has 0 saturated carbocycles. The van der Waals surface area contributed by atoms with Gasteiger partial charge in [0.25, 0.3) is 5.56 Å². The van der Waals surface area contributed by atoms with Gasteiger partial charge >= 0.3 is 0 Å². The zero-order chi connectivity index (χ0) is 15.9. The van der Waals surface area contributed by atoms with Gasteiger partial charge in [0, 0.05) is 13.1 Å². The number of benzene rings is 1. The molecule has 0 atom stereocenters. The molecular weight excluding hydrogens is 302 g/mol. The second-order valence-corrected chi connectivity index (χ2v) is 5.22. The molecule has 0 aliphatic carbocycles. The van der Waals surface area contributed by atoms with Gasteiger partial charge in [0.05, 0.1) is 18.5 Å². The van der Waals surface area contributed by atoms with Gasteiger partial charge in [-0.15, -0.1) is 0 Å².